The van der Waals surface area contributed by atoms with Crippen LogP contribution in [0, 0.1) is 0 Å². The lowest BCUT2D eigenvalue weighted by molar-refractivity contribution is 0.100. The number of carbonyl (C=O) groups excluding carboxylic acids is 1. The van der Waals surface area contributed by atoms with E-state index in [9.17, 15) is 4.79 Å². The summed E-state index contributed by atoms with van der Waals surface area (Å²) in [6, 6.07) is 13.2. The number of carbonyl (C=O) groups is 1. The van der Waals surface area contributed by atoms with Crippen LogP contribution in [0.5, 0.6) is 0 Å². The average Bonchev–Trinajstić information content (AvgIpc) is 2.76. The van der Waals surface area contributed by atoms with Crippen LogP contribution in [0.2, 0.25) is 0 Å². The Morgan fingerprint density at radius 2 is 1.89 bits per heavy atom. The van der Waals surface area contributed by atoms with Crippen LogP contribution in [-0.2, 0) is 0 Å². The molecule has 0 radical (unpaired) electrons. The molecule has 1 heterocycles. The van der Waals surface area contributed by atoms with Gasteiger partial charge in [0.25, 0.3) is 5.91 Å². The first kappa shape index (κ1) is 10.7. The number of para-hydroxylation sites is 1. The van der Waals surface area contributed by atoms with Crippen LogP contribution in [0.4, 0.5) is 0 Å². The van der Waals surface area contributed by atoms with Crippen molar-refractivity contribution in [1.29, 1.82) is 0 Å². The fraction of sp³-hybridized carbons (Fsp3) is 0.0667. The Balaban J connectivity index is 2.27. The Labute approximate surface area is 104 Å². The molecule has 0 spiro atoms. The molecule has 0 N–H and O–H groups in total. The van der Waals surface area contributed by atoms with Crippen LogP contribution in [0.3, 0.4) is 0 Å². The van der Waals surface area contributed by atoms with Crippen molar-refractivity contribution in [1.82, 2.24) is 0 Å². The van der Waals surface area contributed by atoms with Crippen molar-refractivity contribution in [3.63, 3.8) is 0 Å². The summed E-state index contributed by atoms with van der Waals surface area (Å²) in [5.74, 6) is -0.232. The lowest BCUT2D eigenvalue weighted by Gasteiger charge is -1.95. The molecule has 0 aliphatic rings. The molecule has 0 aliphatic carbocycles. The van der Waals surface area contributed by atoms with Gasteiger partial charge in [-0.15, -0.1) is 0 Å². The van der Waals surface area contributed by atoms with Crippen molar-refractivity contribution < 1.29 is 9.21 Å². The normalized spacial score (nSPS) is 11.6. The van der Waals surface area contributed by atoms with Gasteiger partial charge in [0, 0.05) is 22.6 Å². The number of aliphatic imine (C=N–C) groups is 1. The van der Waals surface area contributed by atoms with Crippen LogP contribution in [-0.4, -0.2) is 12.1 Å². The molecule has 1 amide bonds. The monoisotopic (exact) mass is 237 g/mol. The first-order valence-electron chi connectivity index (χ1n) is 5.74. The highest BCUT2D eigenvalue weighted by Crippen LogP contribution is 2.29. The molecule has 1 aromatic heterocycles. The van der Waals surface area contributed by atoms with E-state index in [0.717, 1.165) is 21.9 Å². The SMILES string of the molecule is C/C=N/C(=O)c1ccc2oc3ccccc3c2c1. The zero-order chi connectivity index (χ0) is 12.5. The Morgan fingerprint density at radius 3 is 2.72 bits per heavy atom. The predicted octanol–water partition coefficient (Wildman–Crippen LogP) is 3.82. The molecule has 3 aromatic rings. The Morgan fingerprint density at radius 1 is 1.11 bits per heavy atom. The van der Waals surface area contributed by atoms with Crippen molar-refractivity contribution >= 4 is 34.1 Å². The van der Waals surface area contributed by atoms with Gasteiger partial charge in [0.15, 0.2) is 0 Å². The third kappa shape index (κ3) is 1.61. The van der Waals surface area contributed by atoms with Crippen molar-refractivity contribution in [3.05, 3.63) is 48.0 Å². The number of amides is 1. The van der Waals surface area contributed by atoms with Crippen LogP contribution in [0.25, 0.3) is 21.9 Å². The van der Waals surface area contributed by atoms with E-state index in [-0.39, 0.29) is 5.91 Å². The van der Waals surface area contributed by atoms with Crippen molar-refractivity contribution in [2.45, 2.75) is 6.92 Å². The van der Waals surface area contributed by atoms with Crippen LogP contribution in [0.15, 0.2) is 51.9 Å². The Hall–Kier alpha value is -2.42. The second kappa shape index (κ2) is 4.11. The molecule has 0 saturated carbocycles. The molecule has 2 aromatic carbocycles. The minimum Gasteiger partial charge on any atom is -0.456 e. The van der Waals surface area contributed by atoms with Crippen molar-refractivity contribution in [2.24, 2.45) is 4.99 Å². The summed E-state index contributed by atoms with van der Waals surface area (Å²) < 4.78 is 5.70. The smallest absolute Gasteiger partial charge is 0.276 e. The van der Waals surface area contributed by atoms with Gasteiger partial charge in [-0.1, -0.05) is 18.2 Å². The highest BCUT2D eigenvalue weighted by molar-refractivity contribution is 6.08. The molecular formula is C15H11NO2. The molecule has 3 heteroatoms. The molecule has 0 bridgehead atoms. The van der Waals surface area contributed by atoms with E-state index in [1.54, 1.807) is 13.0 Å². The molecule has 0 atom stereocenters. The third-order valence-corrected chi connectivity index (χ3v) is 2.87. The predicted molar refractivity (Wildman–Crippen MR) is 72.2 cm³/mol. The van der Waals surface area contributed by atoms with Gasteiger partial charge in [0.05, 0.1) is 0 Å². The lowest BCUT2D eigenvalue weighted by Crippen LogP contribution is -1.93. The zero-order valence-electron chi connectivity index (χ0n) is 9.88. The fourth-order valence-electron chi connectivity index (χ4n) is 2.05. The largest absolute Gasteiger partial charge is 0.456 e. The summed E-state index contributed by atoms with van der Waals surface area (Å²) in [5, 5.41) is 1.96. The lowest BCUT2D eigenvalue weighted by atomic mass is 10.1. The van der Waals surface area contributed by atoms with E-state index >= 15 is 0 Å². The molecule has 0 saturated heterocycles. The number of rotatable bonds is 1. The highest BCUT2D eigenvalue weighted by Gasteiger charge is 2.09. The van der Waals surface area contributed by atoms with Gasteiger partial charge < -0.3 is 4.42 Å². The van der Waals surface area contributed by atoms with Crippen molar-refractivity contribution in [3.8, 4) is 0 Å². The van der Waals surface area contributed by atoms with Gasteiger partial charge in [-0.3, -0.25) is 4.79 Å². The molecule has 0 unspecified atom stereocenters. The maximum atomic E-state index is 11.7. The summed E-state index contributed by atoms with van der Waals surface area (Å²) in [6.45, 7) is 1.73. The van der Waals surface area contributed by atoms with Gasteiger partial charge in [0.2, 0.25) is 0 Å². The first-order chi connectivity index (χ1) is 8.79. The number of hydrogen-bond acceptors (Lipinski definition) is 2. The van der Waals surface area contributed by atoms with E-state index in [1.807, 2.05) is 36.4 Å². The topological polar surface area (TPSA) is 42.6 Å². The second-order valence-electron chi connectivity index (χ2n) is 4.00. The summed E-state index contributed by atoms with van der Waals surface area (Å²) in [6.07, 6.45) is 1.50. The second-order valence-corrected chi connectivity index (χ2v) is 4.00. The molecule has 88 valence electrons. The van der Waals surface area contributed by atoms with E-state index in [0.29, 0.717) is 5.56 Å². The number of benzene rings is 2. The van der Waals surface area contributed by atoms with Crippen LogP contribution < -0.4 is 0 Å². The third-order valence-electron chi connectivity index (χ3n) is 2.87. The van der Waals surface area contributed by atoms with Crippen LogP contribution in [0.1, 0.15) is 17.3 Å². The molecule has 18 heavy (non-hydrogen) atoms. The number of furan rings is 1. The minimum absolute atomic E-state index is 0.232. The van der Waals surface area contributed by atoms with E-state index in [1.165, 1.54) is 6.21 Å². The summed E-state index contributed by atoms with van der Waals surface area (Å²) in [7, 11) is 0. The molecule has 3 nitrogen and oxygen atoms in total. The van der Waals surface area contributed by atoms with Gasteiger partial charge >= 0.3 is 0 Å². The zero-order valence-corrected chi connectivity index (χ0v) is 9.88. The standard InChI is InChI=1S/C15H11NO2/c1-2-16-15(17)10-7-8-14-12(9-10)11-5-3-4-6-13(11)18-14/h2-9H,1H3/b16-2+. The minimum atomic E-state index is -0.232. The summed E-state index contributed by atoms with van der Waals surface area (Å²) in [5.41, 5.74) is 2.19. The van der Waals surface area contributed by atoms with Crippen LogP contribution >= 0.6 is 0 Å². The summed E-state index contributed by atoms with van der Waals surface area (Å²) in [4.78, 5) is 15.5. The molecular weight excluding hydrogens is 226 g/mol. The van der Waals surface area contributed by atoms with E-state index in [4.69, 9.17) is 4.42 Å². The van der Waals surface area contributed by atoms with E-state index < -0.39 is 0 Å². The summed E-state index contributed by atoms with van der Waals surface area (Å²) >= 11 is 0. The molecule has 0 fully saturated rings. The first-order valence-corrected chi connectivity index (χ1v) is 5.74. The maximum absolute atomic E-state index is 11.7. The maximum Gasteiger partial charge on any atom is 0.276 e. The average molecular weight is 237 g/mol. The number of hydrogen-bond donors (Lipinski definition) is 0. The van der Waals surface area contributed by atoms with Gasteiger partial charge in [-0.2, -0.15) is 0 Å². The van der Waals surface area contributed by atoms with E-state index in [2.05, 4.69) is 4.99 Å². The number of nitrogens with zero attached hydrogens (tertiary/aromatic N) is 1. The van der Waals surface area contributed by atoms with Crippen molar-refractivity contribution in [2.75, 3.05) is 0 Å². The highest BCUT2D eigenvalue weighted by atomic mass is 16.3. The van der Waals surface area contributed by atoms with Gasteiger partial charge in [-0.05, 0) is 31.2 Å². The quantitative estimate of drug-likeness (QED) is 0.604. The Bertz CT molecular complexity index is 768. The fourth-order valence-corrected chi connectivity index (χ4v) is 2.05. The number of fused-ring (bicyclic) bond motifs is 3. The Kier molecular flexibility index (Phi) is 2.45. The van der Waals surface area contributed by atoms with Gasteiger partial charge in [-0.25, -0.2) is 4.99 Å². The molecule has 3 rings (SSSR count). The van der Waals surface area contributed by atoms with Gasteiger partial charge in [0.1, 0.15) is 11.2 Å². The molecule has 0 aliphatic heterocycles.